The van der Waals surface area contributed by atoms with E-state index in [1.54, 1.807) is 7.11 Å². The van der Waals surface area contributed by atoms with Crippen molar-refractivity contribution >= 4 is 11.8 Å². The second-order valence-electron chi connectivity index (χ2n) is 5.93. The summed E-state index contributed by atoms with van der Waals surface area (Å²) < 4.78 is 10.4. The molecule has 1 aliphatic rings. The van der Waals surface area contributed by atoms with Gasteiger partial charge in [0.05, 0.1) is 20.3 Å². The van der Waals surface area contributed by atoms with Gasteiger partial charge in [0.1, 0.15) is 12.2 Å². The summed E-state index contributed by atoms with van der Waals surface area (Å²) in [5.74, 6) is 0.314. The standard InChI is InChI=1S/C18H27N3O4/c1-24-16-4-2-15(3-5-16)6-7-19-17(22)14-18(23)20-8-9-21-10-12-25-13-11-21/h2-5H,6-14H2,1H3,(H,19,22)(H,20,23). The first-order chi connectivity index (χ1) is 12.2. The maximum atomic E-state index is 11.8. The van der Waals surface area contributed by atoms with Crippen LogP contribution in [0, 0.1) is 0 Å². The number of nitrogens with one attached hydrogen (secondary N) is 2. The average molecular weight is 349 g/mol. The van der Waals surface area contributed by atoms with Gasteiger partial charge in [0.25, 0.3) is 0 Å². The highest BCUT2D eigenvalue weighted by atomic mass is 16.5. The molecule has 2 N–H and O–H groups in total. The Kier molecular flexibility index (Phi) is 8.21. The number of amides is 2. The van der Waals surface area contributed by atoms with E-state index in [0.29, 0.717) is 19.5 Å². The van der Waals surface area contributed by atoms with Crippen LogP contribution in [0.5, 0.6) is 5.75 Å². The van der Waals surface area contributed by atoms with Crippen molar-refractivity contribution in [1.82, 2.24) is 15.5 Å². The highest BCUT2D eigenvalue weighted by Gasteiger charge is 2.12. The lowest BCUT2D eigenvalue weighted by Gasteiger charge is -2.26. The van der Waals surface area contributed by atoms with E-state index in [2.05, 4.69) is 15.5 Å². The topological polar surface area (TPSA) is 79.9 Å². The molecule has 0 unspecified atom stereocenters. The van der Waals surface area contributed by atoms with Crippen molar-refractivity contribution in [3.63, 3.8) is 0 Å². The molecule has 0 saturated carbocycles. The normalized spacial score (nSPS) is 14.8. The predicted octanol–water partition coefficient (Wildman–Crippen LogP) is 0.192. The van der Waals surface area contributed by atoms with E-state index < -0.39 is 0 Å². The van der Waals surface area contributed by atoms with Crippen LogP contribution in [0.2, 0.25) is 0 Å². The summed E-state index contributed by atoms with van der Waals surface area (Å²) >= 11 is 0. The summed E-state index contributed by atoms with van der Waals surface area (Å²) in [5.41, 5.74) is 1.11. The van der Waals surface area contributed by atoms with Gasteiger partial charge in [-0.2, -0.15) is 0 Å². The van der Waals surface area contributed by atoms with Crippen molar-refractivity contribution in [2.45, 2.75) is 12.8 Å². The molecule has 7 nitrogen and oxygen atoms in total. The molecule has 25 heavy (non-hydrogen) atoms. The number of carbonyl (C=O) groups excluding carboxylic acids is 2. The van der Waals surface area contributed by atoms with E-state index in [1.165, 1.54) is 0 Å². The van der Waals surface area contributed by atoms with Gasteiger partial charge in [-0.25, -0.2) is 0 Å². The molecule has 0 atom stereocenters. The lowest BCUT2D eigenvalue weighted by Crippen LogP contribution is -2.42. The first-order valence-electron chi connectivity index (χ1n) is 8.64. The first-order valence-corrected chi connectivity index (χ1v) is 8.64. The van der Waals surface area contributed by atoms with Gasteiger partial charge in [-0.3, -0.25) is 14.5 Å². The summed E-state index contributed by atoms with van der Waals surface area (Å²) in [6, 6.07) is 7.70. The number of morpholine rings is 1. The second-order valence-corrected chi connectivity index (χ2v) is 5.93. The second kappa shape index (κ2) is 10.7. The third kappa shape index (κ3) is 7.53. The molecule has 1 aromatic carbocycles. The fourth-order valence-corrected chi connectivity index (χ4v) is 2.59. The van der Waals surface area contributed by atoms with Crippen LogP contribution in [0.25, 0.3) is 0 Å². The van der Waals surface area contributed by atoms with Crippen molar-refractivity contribution < 1.29 is 19.1 Å². The number of rotatable bonds is 9. The molecule has 2 amide bonds. The van der Waals surface area contributed by atoms with E-state index in [-0.39, 0.29) is 18.2 Å². The van der Waals surface area contributed by atoms with Crippen LogP contribution in [0.15, 0.2) is 24.3 Å². The molecule has 0 bridgehead atoms. The van der Waals surface area contributed by atoms with Crippen molar-refractivity contribution in [1.29, 1.82) is 0 Å². The minimum absolute atomic E-state index is 0.133. The van der Waals surface area contributed by atoms with Crippen LogP contribution >= 0.6 is 0 Å². The van der Waals surface area contributed by atoms with Crippen LogP contribution in [-0.4, -0.2) is 69.8 Å². The molecule has 138 valence electrons. The zero-order valence-corrected chi connectivity index (χ0v) is 14.8. The quantitative estimate of drug-likeness (QED) is 0.622. The minimum Gasteiger partial charge on any atom is -0.497 e. The molecule has 1 aliphatic heterocycles. The van der Waals surface area contributed by atoms with Crippen molar-refractivity contribution in [2.75, 3.05) is 53.0 Å². The summed E-state index contributed by atoms with van der Waals surface area (Å²) in [5, 5.41) is 5.56. The van der Waals surface area contributed by atoms with E-state index in [1.807, 2.05) is 24.3 Å². The number of hydrogen-bond donors (Lipinski definition) is 2. The van der Waals surface area contributed by atoms with Crippen LogP contribution in [0.1, 0.15) is 12.0 Å². The van der Waals surface area contributed by atoms with Gasteiger partial charge in [-0.15, -0.1) is 0 Å². The van der Waals surface area contributed by atoms with Crippen molar-refractivity contribution in [3.05, 3.63) is 29.8 Å². The van der Waals surface area contributed by atoms with E-state index in [9.17, 15) is 9.59 Å². The third-order valence-corrected chi connectivity index (χ3v) is 4.07. The molecule has 0 aromatic heterocycles. The molecular weight excluding hydrogens is 322 g/mol. The SMILES string of the molecule is COc1ccc(CCNC(=O)CC(=O)NCCN2CCOCC2)cc1. The summed E-state index contributed by atoms with van der Waals surface area (Å²) in [4.78, 5) is 25.8. The van der Waals surface area contributed by atoms with Crippen LogP contribution in [0.3, 0.4) is 0 Å². The Morgan fingerprint density at radius 1 is 1.08 bits per heavy atom. The maximum Gasteiger partial charge on any atom is 0.229 e. The zero-order chi connectivity index (χ0) is 17.9. The molecular formula is C18H27N3O4. The number of carbonyl (C=O) groups is 2. The number of methoxy groups -OCH3 is 1. The highest BCUT2D eigenvalue weighted by Crippen LogP contribution is 2.11. The van der Waals surface area contributed by atoms with E-state index in [0.717, 1.165) is 44.2 Å². The van der Waals surface area contributed by atoms with E-state index in [4.69, 9.17) is 9.47 Å². The Bertz CT molecular complexity index is 542. The molecule has 1 saturated heterocycles. The number of ether oxygens (including phenoxy) is 2. The van der Waals surface area contributed by atoms with Crippen LogP contribution in [-0.2, 0) is 20.7 Å². The predicted molar refractivity (Wildman–Crippen MR) is 94.6 cm³/mol. The van der Waals surface area contributed by atoms with Gasteiger partial charge in [0.2, 0.25) is 11.8 Å². The largest absolute Gasteiger partial charge is 0.497 e. The Hall–Kier alpha value is -2.12. The minimum atomic E-state index is -0.252. The Balaban J connectivity index is 1.55. The van der Waals surface area contributed by atoms with Gasteiger partial charge < -0.3 is 20.1 Å². The summed E-state index contributed by atoms with van der Waals surface area (Å²) in [6.45, 7) is 5.11. The molecule has 1 aromatic rings. The molecule has 7 heteroatoms. The molecule has 0 radical (unpaired) electrons. The molecule has 2 rings (SSSR count). The van der Waals surface area contributed by atoms with Gasteiger partial charge in [-0.1, -0.05) is 12.1 Å². The molecule has 1 fully saturated rings. The number of benzene rings is 1. The maximum absolute atomic E-state index is 11.8. The highest BCUT2D eigenvalue weighted by molar-refractivity contribution is 5.96. The summed E-state index contributed by atoms with van der Waals surface area (Å²) in [7, 11) is 1.63. The van der Waals surface area contributed by atoms with Crippen molar-refractivity contribution in [2.24, 2.45) is 0 Å². The Morgan fingerprint density at radius 2 is 1.72 bits per heavy atom. The van der Waals surface area contributed by atoms with E-state index >= 15 is 0 Å². The molecule has 0 aliphatic carbocycles. The van der Waals surface area contributed by atoms with Crippen molar-refractivity contribution in [3.8, 4) is 5.75 Å². The van der Waals surface area contributed by atoms with Gasteiger partial charge >= 0.3 is 0 Å². The average Bonchev–Trinajstić information content (AvgIpc) is 2.63. The summed E-state index contributed by atoms with van der Waals surface area (Å²) in [6.07, 6.45) is 0.583. The monoisotopic (exact) mass is 349 g/mol. The lowest BCUT2D eigenvalue weighted by molar-refractivity contribution is -0.129. The fraction of sp³-hybridized carbons (Fsp3) is 0.556. The number of nitrogens with zero attached hydrogens (tertiary/aromatic N) is 1. The molecule has 1 heterocycles. The van der Waals surface area contributed by atoms with Gasteiger partial charge in [-0.05, 0) is 24.1 Å². The Labute approximate surface area is 148 Å². The Morgan fingerprint density at radius 3 is 2.36 bits per heavy atom. The van der Waals surface area contributed by atoms with Crippen LogP contribution < -0.4 is 15.4 Å². The first kappa shape index (κ1) is 19.2. The fourth-order valence-electron chi connectivity index (χ4n) is 2.59. The number of hydrogen-bond acceptors (Lipinski definition) is 5. The van der Waals surface area contributed by atoms with Gasteiger partial charge in [0, 0.05) is 32.7 Å². The van der Waals surface area contributed by atoms with Gasteiger partial charge in [0.15, 0.2) is 0 Å². The zero-order valence-electron chi connectivity index (χ0n) is 14.8. The van der Waals surface area contributed by atoms with Crippen LogP contribution in [0.4, 0.5) is 0 Å². The third-order valence-electron chi connectivity index (χ3n) is 4.07. The lowest BCUT2D eigenvalue weighted by atomic mass is 10.1. The molecule has 0 spiro atoms. The smallest absolute Gasteiger partial charge is 0.229 e.